The summed E-state index contributed by atoms with van der Waals surface area (Å²) in [5.41, 5.74) is 0.860. The van der Waals surface area contributed by atoms with Gasteiger partial charge in [-0.05, 0) is 48.9 Å². The molecule has 1 aromatic rings. The highest BCUT2D eigenvalue weighted by Gasteiger charge is 2.34. The number of benzene rings is 1. The van der Waals surface area contributed by atoms with Crippen molar-refractivity contribution in [3.05, 3.63) is 34.7 Å². The van der Waals surface area contributed by atoms with Crippen molar-refractivity contribution in [1.29, 1.82) is 0 Å². The van der Waals surface area contributed by atoms with Crippen molar-refractivity contribution in [2.45, 2.75) is 26.4 Å². The van der Waals surface area contributed by atoms with Crippen molar-refractivity contribution in [2.24, 2.45) is 0 Å². The minimum Gasteiger partial charge on any atom is -0.491 e. The molecular weight excluding hydrogens is 314 g/mol. The zero-order valence-electron chi connectivity index (χ0n) is 13.6. The number of carbonyl (C=O) groups excluding carboxylic acids is 2. The Bertz CT molecular complexity index is 597. The van der Waals surface area contributed by atoms with Crippen molar-refractivity contribution in [1.82, 2.24) is 4.90 Å². The number of rotatable bonds is 7. The minimum atomic E-state index is -0.267. The lowest BCUT2D eigenvalue weighted by Gasteiger charge is -2.12. The smallest absolute Gasteiger partial charge is 0.293 e. The molecule has 1 atom stereocenters. The Kier molecular flexibility index (Phi) is 6.24. The summed E-state index contributed by atoms with van der Waals surface area (Å²) in [6.07, 6.45) is 2.83. The van der Waals surface area contributed by atoms with E-state index >= 15 is 0 Å². The molecule has 1 saturated heterocycles. The fraction of sp³-hybridized carbons (Fsp3) is 0.412. The largest absolute Gasteiger partial charge is 0.491 e. The molecule has 0 bridgehead atoms. The van der Waals surface area contributed by atoms with Gasteiger partial charge in [0.1, 0.15) is 5.75 Å². The van der Waals surface area contributed by atoms with Gasteiger partial charge in [0.15, 0.2) is 0 Å². The van der Waals surface area contributed by atoms with E-state index in [1.807, 2.05) is 31.2 Å². The van der Waals surface area contributed by atoms with Crippen LogP contribution in [-0.2, 0) is 9.53 Å². The quantitative estimate of drug-likeness (QED) is 0.713. The Balaban J connectivity index is 2.07. The molecule has 0 saturated carbocycles. The van der Waals surface area contributed by atoms with Crippen molar-refractivity contribution in [3.63, 3.8) is 0 Å². The first-order chi connectivity index (χ1) is 11.0. The maximum absolute atomic E-state index is 12.2. The second-order valence-electron chi connectivity index (χ2n) is 5.23. The summed E-state index contributed by atoms with van der Waals surface area (Å²) in [6.45, 7) is 4.70. The third-order valence-electron chi connectivity index (χ3n) is 3.48. The molecule has 1 fully saturated rings. The molecular formula is C17H21NO4S. The molecule has 0 unspecified atom stereocenters. The van der Waals surface area contributed by atoms with Crippen molar-refractivity contribution in [3.8, 4) is 5.75 Å². The summed E-state index contributed by atoms with van der Waals surface area (Å²) in [5, 5.41) is -0.255. The molecule has 0 aliphatic carbocycles. The standard InChI is InChI=1S/C17H21NO4S/c1-4-12(2)22-14-7-5-13(6-8-14)11-15-16(19)18(9-10-21-3)17(20)23-15/h5-8,11-12H,4,9-10H2,1-3H3/b15-11+/t12-/m1/s1. The van der Waals surface area contributed by atoms with E-state index in [4.69, 9.17) is 9.47 Å². The summed E-state index contributed by atoms with van der Waals surface area (Å²) in [5.74, 6) is 0.529. The van der Waals surface area contributed by atoms with Gasteiger partial charge in [0, 0.05) is 7.11 Å². The molecule has 1 heterocycles. The SMILES string of the molecule is CC[C@@H](C)Oc1ccc(/C=C2/SC(=O)N(CCOC)C2=O)cc1. The summed E-state index contributed by atoms with van der Waals surface area (Å²) in [4.78, 5) is 25.7. The summed E-state index contributed by atoms with van der Waals surface area (Å²) >= 11 is 0.957. The van der Waals surface area contributed by atoms with Crippen LogP contribution in [0.3, 0.4) is 0 Å². The van der Waals surface area contributed by atoms with Gasteiger partial charge < -0.3 is 9.47 Å². The van der Waals surface area contributed by atoms with E-state index in [2.05, 4.69) is 6.92 Å². The number of ether oxygens (including phenoxy) is 2. The van der Waals surface area contributed by atoms with Gasteiger partial charge in [-0.2, -0.15) is 0 Å². The maximum Gasteiger partial charge on any atom is 0.293 e. The molecule has 2 amide bonds. The van der Waals surface area contributed by atoms with Gasteiger partial charge in [0.05, 0.1) is 24.2 Å². The normalized spacial score (nSPS) is 17.9. The van der Waals surface area contributed by atoms with E-state index in [1.165, 1.54) is 12.0 Å². The van der Waals surface area contributed by atoms with Crippen LogP contribution in [0.2, 0.25) is 0 Å². The molecule has 23 heavy (non-hydrogen) atoms. The van der Waals surface area contributed by atoms with Crippen LogP contribution >= 0.6 is 11.8 Å². The number of carbonyl (C=O) groups is 2. The number of nitrogens with zero attached hydrogens (tertiary/aromatic N) is 1. The lowest BCUT2D eigenvalue weighted by Crippen LogP contribution is -2.31. The van der Waals surface area contributed by atoms with Crippen LogP contribution < -0.4 is 4.74 Å². The number of methoxy groups -OCH3 is 1. The Morgan fingerprint density at radius 2 is 1.96 bits per heavy atom. The molecule has 1 aromatic carbocycles. The number of amides is 2. The highest BCUT2D eigenvalue weighted by Crippen LogP contribution is 2.32. The van der Waals surface area contributed by atoms with Crippen molar-refractivity contribution < 1.29 is 19.1 Å². The van der Waals surface area contributed by atoms with Crippen LogP contribution in [0.25, 0.3) is 6.08 Å². The summed E-state index contributed by atoms with van der Waals surface area (Å²) in [7, 11) is 1.54. The third kappa shape index (κ3) is 4.59. The zero-order valence-corrected chi connectivity index (χ0v) is 14.4. The lowest BCUT2D eigenvalue weighted by molar-refractivity contribution is -0.123. The summed E-state index contributed by atoms with van der Waals surface area (Å²) in [6, 6.07) is 7.49. The summed E-state index contributed by atoms with van der Waals surface area (Å²) < 4.78 is 10.6. The lowest BCUT2D eigenvalue weighted by atomic mass is 10.2. The molecule has 0 spiro atoms. The molecule has 0 N–H and O–H groups in total. The predicted octanol–water partition coefficient (Wildman–Crippen LogP) is 3.55. The Hall–Kier alpha value is -1.79. The number of thioether (sulfide) groups is 1. The maximum atomic E-state index is 12.2. The minimum absolute atomic E-state index is 0.165. The van der Waals surface area contributed by atoms with E-state index in [9.17, 15) is 9.59 Å². The molecule has 1 aliphatic rings. The number of hydrogen-bond acceptors (Lipinski definition) is 5. The van der Waals surface area contributed by atoms with Crippen LogP contribution in [0.4, 0.5) is 4.79 Å². The van der Waals surface area contributed by atoms with Gasteiger partial charge >= 0.3 is 0 Å². The van der Waals surface area contributed by atoms with E-state index in [-0.39, 0.29) is 23.8 Å². The first-order valence-electron chi connectivity index (χ1n) is 7.56. The van der Waals surface area contributed by atoms with E-state index in [0.717, 1.165) is 29.5 Å². The van der Waals surface area contributed by atoms with Crippen LogP contribution in [0.5, 0.6) is 5.75 Å². The Morgan fingerprint density at radius 3 is 2.57 bits per heavy atom. The molecule has 1 aliphatic heterocycles. The van der Waals surface area contributed by atoms with Gasteiger partial charge in [-0.25, -0.2) is 0 Å². The Morgan fingerprint density at radius 1 is 1.26 bits per heavy atom. The fourth-order valence-electron chi connectivity index (χ4n) is 1.98. The topological polar surface area (TPSA) is 55.8 Å². The van der Waals surface area contributed by atoms with Crippen LogP contribution in [-0.4, -0.2) is 42.4 Å². The molecule has 0 aromatic heterocycles. The average molecular weight is 335 g/mol. The highest BCUT2D eigenvalue weighted by atomic mass is 32.2. The molecule has 6 heteroatoms. The monoisotopic (exact) mass is 335 g/mol. The average Bonchev–Trinajstić information content (AvgIpc) is 2.81. The zero-order chi connectivity index (χ0) is 16.8. The third-order valence-corrected chi connectivity index (χ3v) is 4.39. The first kappa shape index (κ1) is 17.6. The van der Waals surface area contributed by atoms with Gasteiger partial charge in [0.25, 0.3) is 11.1 Å². The highest BCUT2D eigenvalue weighted by molar-refractivity contribution is 8.18. The van der Waals surface area contributed by atoms with Gasteiger partial charge in [-0.15, -0.1) is 0 Å². The van der Waals surface area contributed by atoms with Crippen LogP contribution in [0.1, 0.15) is 25.8 Å². The van der Waals surface area contributed by atoms with Gasteiger partial charge in [-0.3, -0.25) is 14.5 Å². The molecule has 0 radical (unpaired) electrons. The van der Waals surface area contributed by atoms with Crippen LogP contribution in [0, 0.1) is 0 Å². The van der Waals surface area contributed by atoms with Crippen molar-refractivity contribution >= 4 is 29.0 Å². The molecule has 2 rings (SSSR count). The second kappa shape index (κ2) is 8.17. The first-order valence-corrected chi connectivity index (χ1v) is 8.37. The van der Waals surface area contributed by atoms with Crippen LogP contribution in [0.15, 0.2) is 29.2 Å². The van der Waals surface area contributed by atoms with Gasteiger partial charge in [-0.1, -0.05) is 19.1 Å². The predicted molar refractivity (Wildman–Crippen MR) is 91.4 cm³/mol. The van der Waals surface area contributed by atoms with E-state index < -0.39 is 0 Å². The Labute approximate surface area is 140 Å². The number of hydrogen-bond donors (Lipinski definition) is 0. The van der Waals surface area contributed by atoms with E-state index in [0.29, 0.717) is 11.5 Å². The van der Waals surface area contributed by atoms with Crippen molar-refractivity contribution in [2.75, 3.05) is 20.3 Å². The number of imide groups is 1. The fourth-order valence-corrected chi connectivity index (χ4v) is 2.85. The van der Waals surface area contributed by atoms with E-state index in [1.54, 1.807) is 6.08 Å². The van der Waals surface area contributed by atoms with Gasteiger partial charge in [0.2, 0.25) is 0 Å². The second-order valence-corrected chi connectivity index (χ2v) is 6.23. The molecule has 124 valence electrons. The molecule has 5 nitrogen and oxygen atoms in total.